The molecule has 0 heterocycles. The molecular formula is C126H141ClN4. The van der Waals surface area contributed by atoms with Crippen LogP contribution in [0.25, 0.3) is 44.5 Å². The molecule has 0 saturated heterocycles. The molecule has 14 aromatic carbocycles. The second kappa shape index (κ2) is 34.3. The van der Waals surface area contributed by atoms with Gasteiger partial charge in [0, 0.05) is 83.9 Å². The quantitative estimate of drug-likeness (QED) is 0.124. The maximum atomic E-state index is 6.80. The molecule has 0 bridgehead atoms. The summed E-state index contributed by atoms with van der Waals surface area (Å²) in [4.78, 5) is 7.45. The predicted molar refractivity (Wildman–Crippen MR) is 568 cm³/mol. The van der Waals surface area contributed by atoms with Crippen molar-refractivity contribution in [3.05, 3.63) is 385 Å². The molecular weight excluding hydrogens is 1600 g/mol. The number of nitrogens with zero attached hydrogens (tertiary/aromatic N) is 3. The van der Waals surface area contributed by atoms with E-state index in [4.69, 9.17) is 11.6 Å². The highest BCUT2D eigenvalue weighted by Crippen LogP contribution is 2.59. The van der Waals surface area contributed by atoms with Gasteiger partial charge in [0.25, 0.3) is 0 Å². The lowest BCUT2D eigenvalue weighted by Gasteiger charge is -2.42. The summed E-state index contributed by atoms with van der Waals surface area (Å²) in [6.45, 7) is 65.1. The molecule has 0 amide bonds. The van der Waals surface area contributed by atoms with Crippen LogP contribution >= 0.6 is 11.6 Å². The minimum atomic E-state index is -0.145. The summed E-state index contributed by atoms with van der Waals surface area (Å²) in [6, 6.07) is 109. The largest absolute Gasteiger partial charge is 0.355 e. The lowest BCUT2D eigenvalue weighted by molar-refractivity contribution is 0.332. The van der Waals surface area contributed by atoms with Gasteiger partial charge in [0.05, 0.1) is 5.69 Å². The minimum absolute atomic E-state index is 0.0243. The topological polar surface area (TPSA) is 21.8 Å². The van der Waals surface area contributed by atoms with Gasteiger partial charge in [0.1, 0.15) is 0 Å². The van der Waals surface area contributed by atoms with Gasteiger partial charge in [-0.15, -0.1) is 0 Å². The Bertz CT molecular complexity index is 6540. The number of hydrogen-bond donors (Lipinski definition) is 1. The van der Waals surface area contributed by atoms with E-state index in [2.05, 4.69) is 505 Å². The summed E-state index contributed by atoms with van der Waals surface area (Å²) in [6.07, 6.45) is 4.82. The van der Waals surface area contributed by atoms with E-state index in [1.807, 2.05) is 0 Å². The number of aryl methyl sites for hydroxylation is 4. The average molecular weight is 1750 g/mol. The molecule has 0 aliphatic heterocycles. The Kier molecular flexibility index (Phi) is 24.3. The lowest BCUT2D eigenvalue weighted by atomic mass is 9.63. The van der Waals surface area contributed by atoms with Crippen molar-refractivity contribution in [2.45, 2.75) is 274 Å². The highest BCUT2D eigenvalue weighted by Gasteiger charge is 2.43. The fraction of sp³-hybridized carbons (Fsp3) is 0.333. The van der Waals surface area contributed by atoms with Gasteiger partial charge in [-0.3, -0.25) is 0 Å². The zero-order valence-corrected chi connectivity index (χ0v) is 84.5. The monoisotopic (exact) mass is 1750 g/mol. The van der Waals surface area contributed by atoms with Crippen LogP contribution in [0.1, 0.15) is 281 Å². The van der Waals surface area contributed by atoms with Gasteiger partial charge in [-0.2, -0.15) is 0 Å². The zero-order chi connectivity index (χ0) is 94.0. The van der Waals surface area contributed by atoms with Crippen LogP contribution < -0.4 is 20.0 Å². The van der Waals surface area contributed by atoms with Crippen molar-refractivity contribution >= 4 is 74.2 Å². The number of halogens is 1. The molecule has 4 nitrogen and oxygen atoms in total. The molecule has 18 rings (SSSR count). The van der Waals surface area contributed by atoms with Crippen molar-refractivity contribution in [2.24, 2.45) is 0 Å². The van der Waals surface area contributed by atoms with Gasteiger partial charge in [-0.1, -0.05) is 348 Å². The summed E-state index contributed by atoms with van der Waals surface area (Å²) in [5.41, 5.74) is 45.2. The molecule has 0 aromatic heterocycles. The van der Waals surface area contributed by atoms with Crippen LogP contribution in [0.15, 0.2) is 291 Å². The number of anilines is 11. The van der Waals surface area contributed by atoms with Crippen LogP contribution in [0.2, 0.25) is 5.02 Å². The average Bonchev–Trinajstić information content (AvgIpc) is 1.63. The fourth-order valence-electron chi connectivity index (χ4n) is 21.5. The van der Waals surface area contributed by atoms with Gasteiger partial charge in [-0.05, 0) is 340 Å². The van der Waals surface area contributed by atoms with Crippen LogP contribution in [0.4, 0.5) is 62.6 Å². The molecule has 0 unspecified atom stereocenters. The second-order valence-electron chi connectivity index (χ2n) is 46.1. The van der Waals surface area contributed by atoms with Crippen molar-refractivity contribution in [3.63, 3.8) is 0 Å². The molecule has 0 fully saturated rings. The molecule has 672 valence electrons. The molecule has 1 N–H and O–H groups in total. The van der Waals surface area contributed by atoms with Gasteiger partial charge >= 0.3 is 0 Å². The Morgan fingerprint density at radius 3 is 1.01 bits per heavy atom. The van der Waals surface area contributed by atoms with Crippen LogP contribution in [0, 0.1) is 27.7 Å². The van der Waals surface area contributed by atoms with E-state index in [1.165, 1.54) is 170 Å². The number of benzene rings is 14. The minimum Gasteiger partial charge on any atom is -0.355 e. The van der Waals surface area contributed by atoms with Crippen LogP contribution in [-0.2, 0) is 54.1 Å². The summed E-state index contributed by atoms with van der Waals surface area (Å²) in [7, 11) is 0. The maximum absolute atomic E-state index is 6.80. The molecule has 0 spiro atoms. The van der Waals surface area contributed by atoms with E-state index in [9.17, 15) is 0 Å². The first-order valence-electron chi connectivity index (χ1n) is 48.0. The van der Waals surface area contributed by atoms with Crippen molar-refractivity contribution in [2.75, 3.05) is 20.0 Å². The Morgan fingerprint density at radius 2 is 0.580 bits per heavy atom. The summed E-state index contributed by atoms with van der Waals surface area (Å²) < 4.78 is 0. The van der Waals surface area contributed by atoms with Crippen LogP contribution in [0.3, 0.4) is 0 Å². The summed E-state index contributed by atoms with van der Waals surface area (Å²) in [5.74, 6) is 0. The molecule has 5 heteroatoms. The first-order valence-corrected chi connectivity index (χ1v) is 48.4. The molecule has 4 aliphatic carbocycles. The Balaban J connectivity index is 0.000000159. The maximum Gasteiger partial charge on any atom is 0.0543 e. The van der Waals surface area contributed by atoms with E-state index in [-0.39, 0.29) is 54.1 Å². The van der Waals surface area contributed by atoms with Gasteiger partial charge in [0.2, 0.25) is 0 Å². The molecule has 14 aromatic rings. The Hall–Kier alpha value is -11.4. The third-order valence-electron chi connectivity index (χ3n) is 29.6. The van der Waals surface area contributed by atoms with Crippen molar-refractivity contribution in [1.82, 2.24) is 0 Å². The summed E-state index contributed by atoms with van der Waals surface area (Å²) in [5, 5.41) is 4.53. The Labute approximate surface area is 792 Å². The smallest absolute Gasteiger partial charge is 0.0543 e. The van der Waals surface area contributed by atoms with Crippen molar-refractivity contribution < 1.29 is 0 Å². The van der Waals surface area contributed by atoms with E-state index >= 15 is 0 Å². The van der Waals surface area contributed by atoms with Crippen LogP contribution in [0.5, 0.6) is 0 Å². The molecule has 0 radical (unpaired) electrons. The SMILES string of the molecule is CC1(C)CCC(C)(C)c2cc(Nc3cccc4c3-c3ccccc3C4(C)C)ccc21.Cc1cccc(C)c1-c1cc(Cl)cc(N(c2cccc(C(C)(C)C)c2)c2cccc(C(C)(C)C)c2)c1.Cc1cccc(C)c1-c1cc(N(c2cccc(C(C)(C)C)c2)c2cccc(C(C)(C)C)c2)cc(N(c2ccc3c(c2)C(C)(C)CCC3(C)C)c2cccc3c2-c2ccccc2C3(C)C)c1. The van der Waals surface area contributed by atoms with E-state index < -0.39 is 0 Å². The highest BCUT2D eigenvalue weighted by atomic mass is 35.5. The third-order valence-corrected chi connectivity index (χ3v) is 29.9. The number of nitrogens with one attached hydrogen (secondary N) is 1. The number of rotatable bonds is 13. The van der Waals surface area contributed by atoms with E-state index in [0.29, 0.717) is 0 Å². The second-order valence-corrected chi connectivity index (χ2v) is 46.5. The van der Waals surface area contributed by atoms with E-state index in [1.54, 1.807) is 0 Å². The predicted octanol–water partition coefficient (Wildman–Crippen LogP) is 36.9. The fourth-order valence-corrected chi connectivity index (χ4v) is 21.7. The first-order chi connectivity index (χ1) is 61.5. The van der Waals surface area contributed by atoms with Crippen LogP contribution in [-0.4, -0.2) is 0 Å². The summed E-state index contributed by atoms with van der Waals surface area (Å²) >= 11 is 6.80. The molecule has 131 heavy (non-hydrogen) atoms. The molecule has 4 aliphatic rings. The van der Waals surface area contributed by atoms with E-state index in [0.717, 1.165) is 56.8 Å². The first kappa shape index (κ1) is 92.8. The van der Waals surface area contributed by atoms with Gasteiger partial charge in [0.15, 0.2) is 0 Å². The van der Waals surface area contributed by atoms with Gasteiger partial charge < -0.3 is 20.0 Å². The lowest BCUT2D eigenvalue weighted by Crippen LogP contribution is -2.34. The number of hydrogen-bond acceptors (Lipinski definition) is 4. The van der Waals surface area contributed by atoms with Gasteiger partial charge in [-0.25, -0.2) is 0 Å². The normalized spacial score (nSPS) is 15.6. The third kappa shape index (κ3) is 18.1. The highest BCUT2D eigenvalue weighted by molar-refractivity contribution is 6.31. The zero-order valence-electron chi connectivity index (χ0n) is 83.8. The van der Waals surface area contributed by atoms with Crippen molar-refractivity contribution in [1.29, 1.82) is 0 Å². The molecule has 0 atom stereocenters. The van der Waals surface area contributed by atoms with Crippen molar-refractivity contribution in [3.8, 4) is 44.5 Å². The number of fused-ring (bicyclic) bond motifs is 8. The standard InChI is InChI=1S/C63H70N2.C34H38ClN.C29H33N/c1-41-21-17-22-42(2)57(41)43-35-49(64(46-25-18-23-44(37-46)59(3,4)5)47-26-19-24-45(38-47)60(6,7)8)39-50(36-43)65(48-31-32-53-55(40-48)62(11,12)34-33-61(53,9)10)56-30-20-29-54-58(56)51-27-15-16-28-52(51)63(54,13)14;1-23-12-9-13-24(2)32(23)25-18-28(35)22-31(19-25)36(29-16-10-14-26(20-29)33(3,4)5)30-17-11-15-27(21-30)34(6,7)8;1-27(2)16-17-28(3,4)24-18-19(14-15-22(24)27)30-25-13-9-12-23-26(25)20-10-7-8-11-21(20)29(23,5)6/h15-32,35-40H,33-34H2,1-14H3;9-22H,1-8H3;7-15,18,30H,16-17H2,1-6H3. The molecule has 0 saturated carbocycles. The Morgan fingerprint density at radius 1 is 0.252 bits per heavy atom.